The van der Waals surface area contributed by atoms with Gasteiger partial charge in [-0.3, -0.25) is 0 Å². The molecule has 7 heteroatoms. The molecule has 2 aromatic rings. The molecule has 1 fully saturated rings. The number of carbonyl (C=O) groups is 1. The molecule has 1 saturated heterocycles. The van der Waals surface area contributed by atoms with Crippen LogP contribution in [0.3, 0.4) is 0 Å². The predicted octanol–water partition coefficient (Wildman–Crippen LogP) is 1.18. The molecule has 0 aliphatic carbocycles. The second-order valence-electron chi connectivity index (χ2n) is 5.61. The highest BCUT2D eigenvalue weighted by atomic mass is 16.4. The molecule has 1 aromatic heterocycles. The summed E-state index contributed by atoms with van der Waals surface area (Å²) in [4.78, 5) is 24.3. The fourth-order valence-corrected chi connectivity index (χ4v) is 2.68. The van der Waals surface area contributed by atoms with Gasteiger partial charge >= 0.3 is 5.97 Å². The Labute approximate surface area is 134 Å². The molecule has 7 nitrogen and oxygen atoms in total. The SMILES string of the molecule is CN1CCN(c2cc(-c3ccccc3C(=O)O)nc(N)n2)CC1. The third kappa shape index (κ3) is 3.24. The van der Waals surface area contributed by atoms with Gasteiger partial charge in [0.25, 0.3) is 0 Å². The second-order valence-corrected chi connectivity index (χ2v) is 5.61. The van der Waals surface area contributed by atoms with Crippen LogP contribution in [-0.4, -0.2) is 59.2 Å². The molecule has 0 bridgehead atoms. The summed E-state index contributed by atoms with van der Waals surface area (Å²) in [6.07, 6.45) is 0. The van der Waals surface area contributed by atoms with Gasteiger partial charge in [-0.05, 0) is 13.1 Å². The Morgan fingerprint density at radius 2 is 1.87 bits per heavy atom. The zero-order valence-corrected chi connectivity index (χ0v) is 12.9. The van der Waals surface area contributed by atoms with Gasteiger partial charge in [0.15, 0.2) is 0 Å². The number of carboxylic acid groups (broad SMARTS) is 1. The Morgan fingerprint density at radius 3 is 2.57 bits per heavy atom. The molecule has 1 aliphatic rings. The average Bonchev–Trinajstić information content (AvgIpc) is 2.55. The summed E-state index contributed by atoms with van der Waals surface area (Å²) in [5, 5.41) is 9.35. The standard InChI is InChI=1S/C16H19N5O2/c1-20-6-8-21(9-7-20)14-10-13(18-16(17)19-14)11-4-2-3-5-12(11)15(22)23/h2-5,10H,6-9H2,1H3,(H,22,23)(H2,17,18,19). The van der Waals surface area contributed by atoms with Crippen molar-refractivity contribution in [2.45, 2.75) is 0 Å². The summed E-state index contributed by atoms with van der Waals surface area (Å²) < 4.78 is 0. The number of nitrogens with zero attached hydrogens (tertiary/aromatic N) is 4. The van der Waals surface area contributed by atoms with Gasteiger partial charge in [-0.1, -0.05) is 18.2 Å². The van der Waals surface area contributed by atoms with E-state index in [0.717, 1.165) is 32.0 Å². The van der Waals surface area contributed by atoms with Gasteiger partial charge in [0, 0.05) is 37.8 Å². The lowest BCUT2D eigenvalue weighted by Crippen LogP contribution is -2.44. The molecule has 0 amide bonds. The number of nitrogen functional groups attached to an aromatic ring is 1. The van der Waals surface area contributed by atoms with Crippen LogP contribution in [0.15, 0.2) is 30.3 Å². The molecule has 23 heavy (non-hydrogen) atoms. The number of nitrogens with two attached hydrogens (primary N) is 1. The Balaban J connectivity index is 2.00. The van der Waals surface area contributed by atoms with Crippen molar-refractivity contribution in [2.75, 3.05) is 43.9 Å². The van der Waals surface area contributed by atoms with E-state index in [2.05, 4.69) is 26.8 Å². The van der Waals surface area contributed by atoms with Gasteiger partial charge in [-0.25, -0.2) is 9.78 Å². The third-order valence-electron chi connectivity index (χ3n) is 3.99. The maximum Gasteiger partial charge on any atom is 0.336 e. The molecule has 3 rings (SSSR count). The molecule has 3 N–H and O–H groups in total. The fourth-order valence-electron chi connectivity index (χ4n) is 2.68. The van der Waals surface area contributed by atoms with Crippen molar-refractivity contribution < 1.29 is 9.90 Å². The molecule has 0 unspecified atom stereocenters. The van der Waals surface area contributed by atoms with E-state index in [1.807, 2.05) is 6.07 Å². The number of rotatable bonds is 3. The normalized spacial score (nSPS) is 15.6. The van der Waals surface area contributed by atoms with Crippen molar-refractivity contribution in [3.05, 3.63) is 35.9 Å². The number of anilines is 2. The molecule has 1 aromatic carbocycles. The Kier molecular flexibility index (Phi) is 4.12. The highest BCUT2D eigenvalue weighted by Gasteiger charge is 2.19. The van der Waals surface area contributed by atoms with Gasteiger partial charge in [0.1, 0.15) is 5.82 Å². The molecule has 0 atom stereocenters. The van der Waals surface area contributed by atoms with Gasteiger partial charge in [-0.15, -0.1) is 0 Å². The van der Waals surface area contributed by atoms with Crippen LogP contribution in [0.5, 0.6) is 0 Å². The summed E-state index contributed by atoms with van der Waals surface area (Å²) in [6, 6.07) is 8.59. The monoisotopic (exact) mass is 313 g/mol. The molecular formula is C16H19N5O2. The molecule has 1 aliphatic heterocycles. The van der Waals surface area contributed by atoms with Gasteiger partial charge in [0.05, 0.1) is 11.3 Å². The van der Waals surface area contributed by atoms with Crippen LogP contribution < -0.4 is 10.6 Å². The number of hydrogen-bond donors (Lipinski definition) is 2. The van der Waals surface area contributed by atoms with Crippen molar-refractivity contribution in [3.63, 3.8) is 0 Å². The first-order valence-corrected chi connectivity index (χ1v) is 7.45. The van der Waals surface area contributed by atoms with E-state index in [-0.39, 0.29) is 11.5 Å². The number of aromatic nitrogens is 2. The van der Waals surface area contributed by atoms with Crippen molar-refractivity contribution in [1.29, 1.82) is 0 Å². The van der Waals surface area contributed by atoms with E-state index in [4.69, 9.17) is 5.73 Å². The summed E-state index contributed by atoms with van der Waals surface area (Å²) in [7, 11) is 2.08. The van der Waals surface area contributed by atoms with Crippen molar-refractivity contribution in [1.82, 2.24) is 14.9 Å². The van der Waals surface area contributed by atoms with Crippen molar-refractivity contribution >= 4 is 17.7 Å². The van der Waals surface area contributed by atoms with Gasteiger partial charge in [-0.2, -0.15) is 4.98 Å². The first kappa shape index (κ1) is 15.2. The zero-order chi connectivity index (χ0) is 16.4. The number of aromatic carboxylic acids is 1. The van der Waals surface area contributed by atoms with E-state index in [9.17, 15) is 9.90 Å². The maximum absolute atomic E-state index is 11.4. The van der Waals surface area contributed by atoms with Crippen LogP contribution in [0.1, 0.15) is 10.4 Å². The van der Waals surface area contributed by atoms with E-state index >= 15 is 0 Å². The smallest absolute Gasteiger partial charge is 0.336 e. The van der Waals surface area contributed by atoms with Gasteiger partial charge < -0.3 is 20.6 Å². The number of hydrogen-bond acceptors (Lipinski definition) is 6. The summed E-state index contributed by atoms with van der Waals surface area (Å²) >= 11 is 0. The van der Waals surface area contributed by atoms with E-state index in [1.54, 1.807) is 24.3 Å². The fraction of sp³-hybridized carbons (Fsp3) is 0.312. The molecule has 0 saturated carbocycles. The van der Waals surface area contributed by atoms with Crippen LogP contribution in [0.2, 0.25) is 0 Å². The first-order valence-electron chi connectivity index (χ1n) is 7.45. The van der Waals surface area contributed by atoms with Crippen LogP contribution >= 0.6 is 0 Å². The minimum absolute atomic E-state index is 0.150. The Morgan fingerprint density at radius 1 is 1.17 bits per heavy atom. The van der Waals surface area contributed by atoms with E-state index in [0.29, 0.717) is 11.3 Å². The summed E-state index contributed by atoms with van der Waals surface area (Å²) in [5.41, 5.74) is 7.13. The van der Waals surface area contributed by atoms with Crippen molar-refractivity contribution in [3.8, 4) is 11.3 Å². The van der Waals surface area contributed by atoms with Crippen LogP contribution in [0.25, 0.3) is 11.3 Å². The van der Waals surface area contributed by atoms with Crippen LogP contribution in [0.4, 0.5) is 11.8 Å². The minimum atomic E-state index is -0.987. The predicted molar refractivity (Wildman–Crippen MR) is 88.5 cm³/mol. The number of benzene rings is 1. The third-order valence-corrected chi connectivity index (χ3v) is 3.99. The average molecular weight is 313 g/mol. The minimum Gasteiger partial charge on any atom is -0.478 e. The first-order chi connectivity index (χ1) is 11.0. The number of likely N-dealkylation sites (N-methyl/N-ethyl adjacent to an activating group) is 1. The maximum atomic E-state index is 11.4. The lowest BCUT2D eigenvalue weighted by Gasteiger charge is -2.33. The topological polar surface area (TPSA) is 95.6 Å². The lowest BCUT2D eigenvalue weighted by molar-refractivity contribution is 0.0697. The molecule has 2 heterocycles. The summed E-state index contributed by atoms with van der Waals surface area (Å²) in [5.74, 6) is -0.101. The molecule has 0 spiro atoms. The van der Waals surface area contributed by atoms with Gasteiger partial charge in [0.2, 0.25) is 5.95 Å². The molecular weight excluding hydrogens is 294 g/mol. The van der Waals surface area contributed by atoms with Crippen LogP contribution in [0, 0.1) is 0 Å². The van der Waals surface area contributed by atoms with Crippen molar-refractivity contribution in [2.24, 2.45) is 0 Å². The Bertz CT molecular complexity index is 726. The second kappa shape index (κ2) is 6.21. The highest BCUT2D eigenvalue weighted by Crippen LogP contribution is 2.26. The molecule has 120 valence electrons. The summed E-state index contributed by atoms with van der Waals surface area (Å²) in [6.45, 7) is 3.61. The lowest BCUT2D eigenvalue weighted by atomic mass is 10.0. The molecule has 0 radical (unpaired) electrons. The quantitative estimate of drug-likeness (QED) is 0.878. The zero-order valence-electron chi connectivity index (χ0n) is 12.9. The Hall–Kier alpha value is -2.67. The highest BCUT2D eigenvalue weighted by molar-refractivity contribution is 5.95. The van der Waals surface area contributed by atoms with E-state index < -0.39 is 5.97 Å². The number of carboxylic acids is 1. The number of piperazine rings is 1. The van der Waals surface area contributed by atoms with Crippen LogP contribution in [-0.2, 0) is 0 Å². The largest absolute Gasteiger partial charge is 0.478 e. The van der Waals surface area contributed by atoms with E-state index in [1.165, 1.54) is 0 Å².